The van der Waals surface area contributed by atoms with Crippen molar-refractivity contribution in [3.8, 4) is 0 Å². The molecule has 6 nitrogen and oxygen atoms in total. The molecular weight excluding hydrogens is 1100 g/mol. The Labute approximate surface area is 565 Å². The first-order chi connectivity index (χ1) is 44.5. The van der Waals surface area contributed by atoms with Crippen LogP contribution < -0.4 is 5.32 Å². The Kier molecular flexibility index (Phi) is 78.8. The van der Waals surface area contributed by atoms with Crippen LogP contribution in [0.1, 0.15) is 489 Å². The van der Waals surface area contributed by atoms with Gasteiger partial charge in [0.2, 0.25) is 5.91 Å². The van der Waals surface area contributed by atoms with Gasteiger partial charge in [0.1, 0.15) is 0 Å². The second-order valence-corrected chi connectivity index (χ2v) is 29.2. The Balaban J connectivity index is 3.33. The first-order valence-electron chi connectivity index (χ1n) is 41.9. The molecule has 90 heavy (non-hydrogen) atoms. The van der Waals surface area contributed by atoms with E-state index in [4.69, 9.17) is 4.74 Å². The SMILES string of the molecule is CCCCCCCCCCCCCCCCCCCCCCCCC(O)C(CO)NC(=O)CCCCCCCCCCCCCCCCCCC/C=C\CCCCCCCCCCCCCCCCCCOC(=O)CCCCCCCCCCCCCCCC. The first-order valence-corrected chi connectivity index (χ1v) is 41.9. The highest BCUT2D eigenvalue weighted by Gasteiger charge is 2.20. The first kappa shape index (κ1) is 88.6. The van der Waals surface area contributed by atoms with Crippen molar-refractivity contribution in [1.82, 2.24) is 5.32 Å². The van der Waals surface area contributed by atoms with E-state index in [1.54, 1.807) is 0 Å². The lowest BCUT2D eigenvalue weighted by Gasteiger charge is -2.22. The molecule has 3 N–H and O–H groups in total. The van der Waals surface area contributed by atoms with Crippen molar-refractivity contribution in [3.05, 3.63) is 12.2 Å². The lowest BCUT2D eigenvalue weighted by atomic mass is 10.0. The molecule has 0 aromatic carbocycles. The standard InChI is InChI=1S/C84H165NO5/c1-3-5-7-9-11-13-15-17-19-20-21-22-40-43-46-49-52-56-60-64-68-72-76-82(87)81(80-86)85-83(88)77-73-69-65-61-57-53-50-47-44-41-38-36-34-32-30-28-26-24-23-25-27-29-31-33-35-37-39-42-45-48-51-55-59-63-67-71-75-79-90-84(89)78-74-70-66-62-58-54-18-16-14-12-10-8-6-4-2/h23,25,81-82,86-87H,3-22,24,26-80H2,1-2H3,(H,85,88)/b25-23-. The molecule has 0 spiro atoms. The highest BCUT2D eigenvalue weighted by atomic mass is 16.5. The van der Waals surface area contributed by atoms with Crippen LogP contribution in [0.25, 0.3) is 0 Å². The Morgan fingerprint density at radius 3 is 0.789 bits per heavy atom. The minimum absolute atomic E-state index is 0.0248. The van der Waals surface area contributed by atoms with Crippen LogP contribution in [0.5, 0.6) is 0 Å². The molecule has 0 saturated carbocycles. The minimum Gasteiger partial charge on any atom is -0.466 e. The molecule has 2 unspecified atom stereocenters. The monoisotopic (exact) mass is 1270 g/mol. The average molecular weight is 1270 g/mol. The van der Waals surface area contributed by atoms with Gasteiger partial charge < -0.3 is 20.3 Å². The van der Waals surface area contributed by atoms with Crippen molar-refractivity contribution in [2.75, 3.05) is 13.2 Å². The molecular formula is C84H165NO5. The summed E-state index contributed by atoms with van der Waals surface area (Å²) >= 11 is 0. The van der Waals surface area contributed by atoms with Crippen LogP contribution >= 0.6 is 0 Å². The highest BCUT2D eigenvalue weighted by molar-refractivity contribution is 5.76. The van der Waals surface area contributed by atoms with Gasteiger partial charge in [0, 0.05) is 12.8 Å². The van der Waals surface area contributed by atoms with Crippen LogP contribution in [0.4, 0.5) is 0 Å². The lowest BCUT2D eigenvalue weighted by molar-refractivity contribution is -0.143. The van der Waals surface area contributed by atoms with Crippen molar-refractivity contribution in [1.29, 1.82) is 0 Å². The Bertz CT molecular complexity index is 1370. The molecule has 1 amide bonds. The number of aliphatic hydroxyl groups is 2. The predicted molar refractivity (Wildman–Crippen MR) is 398 cm³/mol. The summed E-state index contributed by atoms with van der Waals surface area (Å²) in [6.45, 7) is 5.02. The molecule has 0 aliphatic heterocycles. The van der Waals surface area contributed by atoms with E-state index in [1.807, 2.05) is 0 Å². The molecule has 536 valence electrons. The third-order valence-corrected chi connectivity index (χ3v) is 20.1. The zero-order valence-corrected chi connectivity index (χ0v) is 61.7. The lowest BCUT2D eigenvalue weighted by Crippen LogP contribution is -2.45. The molecule has 0 aromatic rings. The maximum absolute atomic E-state index is 12.6. The Morgan fingerprint density at radius 2 is 0.522 bits per heavy atom. The smallest absolute Gasteiger partial charge is 0.305 e. The minimum atomic E-state index is -0.662. The molecule has 0 aromatic heterocycles. The molecule has 2 atom stereocenters. The third-order valence-electron chi connectivity index (χ3n) is 20.1. The fraction of sp³-hybridized carbons (Fsp3) is 0.952. The second-order valence-electron chi connectivity index (χ2n) is 29.2. The van der Waals surface area contributed by atoms with Crippen molar-refractivity contribution in [3.63, 3.8) is 0 Å². The summed E-state index contributed by atoms with van der Waals surface area (Å²) in [5.41, 5.74) is 0. The molecule has 0 fully saturated rings. The van der Waals surface area contributed by atoms with Gasteiger partial charge in [-0.05, 0) is 51.4 Å². The zero-order valence-electron chi connectivity index (χ0n) is 61.7. The number of carbonyl (C=O) groups is 2. The number of hydrogen-bond donors (Lipinski definition) is 3. The fourth-order valence-electron chi connectivity index (χ4n) is 13.7. The highest BCUT2D eigenvalue weighted by Crippen LogP contribution is 2.21. The van der Waals surface area contributed by atoms with E-state index < -0.39 is 12.1 Å². The number of amides is 1. The molecule has 0 aliphatic rings. The zero-order chi connectivity index (χ0) is 64.9. The number of unbranched alkanes of at least 4 members (excludes halogenated alkanes) is 67. The number of esters is 1. The van der Waals surface area contributed by atoms with Crippen LogP contribution in [0.3, 0.4) is 0 Å². The molecule has 0 saturated heterocycles. The van der Waals surface area contributed by atoms with Crippen molar-refractivity contribution in [2.45, 2.75) is 501 Å². The van der Waals surface area contributed by atoms with Crippen molar-refractivity contribution < 1.29 is 24.5 Å². The summed E-state index contributed by atoms with van der Waals surface area (Å²) in [6.07, 6.45) is 102. The molecule has 0 radical (unpaired) electrons. The van der Waals surface area contributed by atoms with E-state index in [0.717, 1.165) is 38.5 Å². The average Bonchev–Trinajstić information content (AvgIpc) is 3.65. The largest absolute Gasteiger partial charge is 0.466 e. The normalized spacial score (nSPS) is 12.4. The number of hydrogen-bond acceptors (Lipinski definition) is 5. The van der Waals surface area contributed by atoms with Gasteiger partial charge in [-0.1, -0.05) is 437 Å². The second kappa shape index (κ2) is 80.0. The van der Waals surface area contributed by atoms with Gasteiger partial charge in [0.05, 0.1) is 25.4 Å². The quantitative estimate of drug-likeness (QED) is 0.0320. The van der Waals surface area contributed by atoms with E-state index in [0.29, 0.717) is 25.9 Å². The molecule has 0 aliphatic carbocycles. The van der Waals surface area contributed by atoms with Crippen molar-refractivity contribution >= 4 is 11.9 Å². The van der Waals surface area contributed by atoms with E-state index in [1.165, 1.54) is 417 Å². The summed E-state index contributed by atoms with van der Waals surface area (Å²) < 4.78 is 5.50. The van der Waals surface area contributed by atoms with Gasteiger partial charge in [-0.3, -0.25) is 9.59 Å². The summed E-state index contributed by atoms with van der Waals surface area (Å²) in [6, 6.07) is -0.539. The Hall–Kier alpha value is -1.40. The summed E-state index contributed by atoms with van der Waals surface area (Å²) in [5, 5.41) is 23.5. The third kappa shape index (κ3) is 75.6. The van der Waals surface area contributed by atoms with E-state index in [-0.39, 0.29) is 18.5 Å². The van der Waals surface area contributed by atoms with Crippen LogP contribution in [0.15, 0.2) is 12.2 Å². The van der Waals surface area contributed by atoms with Gasteiger partial charge in [0.25, 0.3) is 0 Å². The van der Waals surface area contributed by atoms with Crippen LogP contribution in [-0.4, -0.2) is 47.4 Å². The van der Waals surface area contributed by atoms with E-state index >= 15 is 0 Å². The van der Waals surface area contributed by atoms with Crippen LogP contribution in [0.2, 0.25) is 0 Å². The number of ether oxygens (including phenoxy) is 1. The van der Waals surface area contributed by atoms with Crippen molar-refractivity contribution in [2.24, 2.45) is 0 Å². The summed E-state index contributed by atoms with van der Waals surface area (Å²) in [5.74, 6) is 0.000204. The van der Waals surface area contributed by atoms with Gasteiger partial charge in [0.15, 0.2) is 0 Å². The summed E-state index contributed by atoms with van der Waals surface area (Å²) in [4.78, 5) is 24.7. The maximum Gasteiger partial charge on any atom is 0.305 e. The maximum atomic E-state index is 12.6. The van der Waals surface area contributed by atoms with Gasteiger partial charge in [-0.15, -0.1) is 0 Å². The van der Waals surface area contributed by atoms with E-state index in [9.17, 15) is 19.8 Å². The topological polar surface area (TPSA) is 95.9 Å². The van der Waals surface area contributed by atoms with Gasteiger partial charge in [-0.25, -0.2) is 0 Å². The molecule has 0 heterocycles. The van der Waals surface area contributed by atoms with Crippen LogP contribution in [-0.2, 0) is 14.3 Å². The number of allylic oxidation sites excluding steroid dienone is 2. The Morgan fingerprint density at radius 1 is 0.300 bits per heavy atom. The summed E-state index contributed by atoms with van der Waals surface area (Å²) in [7, 11) is 0. The fourth-order valence-corrected chi connectivity index (χ4v) is 13.7. The number of carbonyl (C=O) groups excluding carboxylic acids is 2. The van der Waals surface area contributed by atoms with Gasteiger partial charge in [-0.2, -0.15) is 0 Å². The van der Waals surface area contributed by atoms with Crippen LogP contribution in [0, 0.1) is 0 Å². The molecule has 0 rings (SSSR count). The number of rotatable bonds is 80. The predicted octanol–water partition coefficient (Wildman–Crippen LogP) is 27.8. The van der Waals surface area contributed by atoms with E-state index in [2.05, 4.69) is 31.3 Å². The number of aliphatic hydroxyl groups excluding tert-OH is 2. The van der Waals surface area contributed by atoms with Gasteiger partial charge >= 0.3 is 5.97 Å². The molecule has 0 bridgehead atoms. The molecule has 6 heteroatoms. The number of nitrogens with one attached hydrogen (secondary N) is 1.